The molecule has 21 heavy (non-hydrogen) atoms. The van der Waals surface area contributed by atoms with E-state index in [9.17, 15) is 9.90 Å². The van der Waals surface area contributed by atoms with Gasteiger partial charge < -0.3 is 5.11 Å². The molecule has 0 bridgehead atoms. The maximum atomic E-state index is 11.6. The number of aromatic nitrogens is 1. The number of piperidine rings is 1. The molecule has 4 nitrogen and oxygen atoms in total. The van der Waals surface area contributed by atoms with Crippen molar-refractivity contribution >= 4 is 17.3 Å². The first kappa shape index (κ1) is 15.0. The van der Waals surface area contributed by atoms with Crippen LogP contribution in [0.1, 0.15) is 49.1 Å². The first-order valence-electron chi connectivity index (χ1n) is 8.04. The summed E-state index contributed by atoms with van der Waals surface area (Å²) in [6.45, 7) is 2.90. The van der Waals surface area contributed by atoms with Crippen LogP contribution in [0.4, 0.5) is 0 Å². The van der Waals surface area contributed by atoms with Crippen LogP contribution < -0.4 is 0 Å². The Morgan fingerprint density at radius 3 is 2.90 bits per heavy atom. The summed E-state index contributed by atoms with van der Waals surface area (Å²) in [5, 5.41) is 9.56. The fourth-order valence-corrected chi connectivity index (χ4v) is 4.88. The number of likely N-dealkylation sites (tertiary alicyclic amines) is 1. The molecule has 0 amide bonds. The van der Waals surface area contributed by atoms with Gasteiger partial charge in [0.2, 0.25) is 0 Å². The topological polar surface area (TPSA) is 53.4 Å². The Morgan fingerprint density at radius 2 is 2.19 bits per heavy atom. The van der Waals surface area contributed by atoms with Crippen LogP contribution in [-0.4, -0.2) is 39.6 Å². The van der Waals surface area contributed by atoms with Gasteiger partial charge in [-0.2, -0.15) is 0 Å². The molecule has 3 atom stereocenters. The number of aliphatic carboxylic acids is 1. The number of hydrogen-bond acceptors (Lipinski definition) is 4. The Bertz CT molecular complexity index is 502. The standard InChI is InChI=1S/C16H24N2O2S/c1-11-15(21-10-17-11)8-9-18-13-5-3-2-4-12(13)6-7-14(18)16(19)20/h10,12-14H,2-9H2,1H3,(H,19,20). The first-order chi connectivity index (χ1) is 10.2. The molecule has 0 aromatic carbocycles. The third-order valence-corrected chi connectivity index (χ3v) is 6.23. The van der Waals surface area contributed by atoms with Gasteiger partial charge in [-0.05, 0) is 44.9 Å². The number of carbonyl (C=O) groups is 1. The minimum absolute atomic E-state index is 0.280. The summed E-state index contributed by atoms with van der Waals surface area (Å²) in [4.78, 5) is 19.5. The number of nitrogens with zero attached hydrogens (tertiary/aromatic N) is 2. The molecule has 5 heteroatoms. The van der Waals surface area contributed by atoms with E-state index in [1.54, 1.807) is 11.3 Å². The van der Waals surface area contributed by atoms with Crippen molar-refractivity contribution in [3.8, 4) is 0 Å². The number of carboxylic acid groups (broad SMARTS) is 1. The van der Waals surface area contributed by atoms with E-state index < -0.39 is 5.97 Å². The molecular weight excluding hydrogens is 284 g/mol. The Balaban J connectivity index is 1.73. The highest BCUT2D eigenvalue weighted by Gasteiger charge is 2.40. The van der Waals surface area contributed by atoms with Gasteiger partial charge in [0.05, 0.1) is 11.2 Å². The summed E-state index contributed by atoms with van der Waals surface area (Å²) in [5.74, 6) is 0.0805. The van der Waals surface area contributed by atoms with Gasteiger partial charge in [0.1, 0.15) is 6.04 Å². The van der Waals surface area contributed by atoms with Gasteiger partial charge in [0, 0.05) is 17.5 Å². The van der Waals surface area contributed by atoms with E-state index in [0.29, 0.717) is 6.04 Å². The number of aryl methyl sites for hydroxylation is 1. The van der Waals surface area contributed by atoms with Gasteiger partial charge in [-0.15, -0.1) is 11.3 Å². The molecule has 3 unspecified atom stereocenters. The van der Waals surface area contributed by atoms with Gasteiger partial charge in [-0.3, -0.25) is 9.69 Å². The van der Waals surface area contributed by atoms with Crippen LogP contribution in [0.15, 0.2) is 5.51 Å². The lowest BCUT2D eigenvalue weighted by molar-refractivity contribution is -0.148. The van der Waals surface area contributed by atoms with Crippen LogP contribution in [0.25, 0.3) is 0 Å². The van der Waals surface area contributed by atoms with E-state index in [2.05, 4.69) is 9.88 Å². The van der Waals surface area contributed by atoms with E-state index >= 15 is 0 Å². The van der Waals surface area contributed by atoms with Crippen LogP contribution in [0.2, 0.25) is 0 Å². The molecule has 1 saturated heterocycles. The quantitative estimate of drug-likeness (QED) is 0.928. The van der Waals surface area contributed by atoms with E-state index in [1.807, 2.05) is 12.4 Å². The van der Waals surface area contributed by atoms with Crippen molar-refractivity contribution in [1.82, 2.24) is 9.88 Å². The molecule has 2 aliphatic rings. The Labute approximate surface area is 130 Å². The third-order valence-electron chi connectivity index (χ3n) is 5.23. The smallest absolute Gasteiger partial charge is 0.320 e. The van der Waals surface area contributed by atoms with Crippen molar-refractivity contribution in [2.45, 2.75) is 64.0 Å². The van der Waals surface area contributed by atoms with Gasteiger partial charge >= 0.3 is 5.97 Å². The number of rotatable bonds is 4. The number of thiazole rings is 1. The summed E-state index contributed by atoms with van der Waals surface area (Å²) in [6, 6.07) is 0.208. The van der Waals surface area contributed by atoms with Crippen LogP contribution in [-0.2, 0) is 11.2 Å². The highest BCUT2D eigenvalue weighted by molar-refractivity contribution is 7.09. The van der Waals surface area contributed by atoms with Crippen molar-refractivity contribution < 1.29 is 9.90 Å². The predicted octanol–water partition coefficient (Wildman–Crippen LogP) is 3.10. The Morgan fingerprint density at radius 1 is 1.38 bits per heavy atom. The molecule has 2 fully saturated rings. The first-order valence-corrected chi connectivity index (χ1v) is 8.92. The Hall–Kier alpha value is -0.940. The molecule has 1 aliphatic carbocycles. The number of carboxylic acids is 1. The van der Waals surface area contributed by atoms with E-state index in [0.717, 1.165) is 37.4 Å². The maximum Gasteiger partial charge on any atom is 0.320 e. The highest BCUT2D eigenvalue weighted by atomic mass is 32.1. The third kappa shape index (κ3) is 3.14. The van der Waals surface area contributed by atoms with Crippen LogP contribution in [0.5, 0.6) is 0 Å². The zero-order valence-corrected chi connectivity index (χ0v) is 13.4. The SMILES string of the molecule is Cc1ncsc1CCN1C(C(=O)O)CCC2CCCCC21. The Kier molecular flexibility index (Phi) is 4.60. The van der Waals surface area contributed by atoms with Gasteiger partial charge in [-0.25, -0.2) is 4.98 Å². The molecule has 1 N–H and O–H groups in total. The number of fused-ring (bicyclic) bond motifs is 1. The van der Waals surface area contributed by atoms with Crippen molar-refractivity contribution in [2.75, 3.05) is 6.54 Å². The van der Waals surface area contributed by atoms with Crippen LogP contribution in [0.3, 0.4) is 0 Å². The highest BCUT2D eigenvalue weighted by Crippen LogP contribution is 2.38. The molecule has 116 valence electrons. The lowest BCUT2D eigenvalue weighted by atomic mass is 9.76. The number of hydrogen-bond donors (Lipinski definition) is 1. The van der Waals surface area contributed by atoms with Gasteiger partial charge in [-0.1, -0.05) is 12.8 Å². The summed E-state index contributed by atoms with van der Waals surface area (Å²) in [6.07, 6.45) is 7.88. The summed E-state index contributed by atoms with van der Waals surface area (Å²) in [7, 11) is 0. The summed E-state index contributed by atoms with van der Waals surface area (Å²) >= 11 is 1.69. The average Bonchev–Trinajstić information content (AvgIpc) is 2.89. The molecule has 1 aromatic rings. The van der Waals surface area contributed by atoms with Crippen LogP contribution in [0, 0.1) is 12.8 Å². The van der Waals surface area contributed by atoms with Crippen molar-refractivity contribution in [1.29, 1.82) is 0 Å². The summed E-state index contributed by atoms with van der Waals surface area (Å²) in [5.41, 5.74) is 2.99. The molecule has 1 aromatic heterocycles. The average molecular weight is 308 g/mol. The second-order valence-electron chi connectivity index (χ2n) is 6.39. The van der Waals surface area contributed by atoms with E-state index in [1.165, 1.54) is 30.6 Å². The molecule has 0 radical (unpaired) electrons. The zero-order chi connectivity index (χ0) is 14.8. The van der Waals surface area contributed by atoms with Crippen molar-refractivity contribution in [3.63, 3.8) is 0 Å². The van der Waals surface area contributed by atoms with Gasteiger partial charge in [0.15, 0.2) is 0 Å². The lowest BCUT2D eigenvalue weighted by Gasteiger charge is -2.47. The predicted molar refractivity (Wildman–Crippen MR) is 83.7 cm³/mol. The monoisotopic (exact) mass is 308 g/mol. The largest absolute Gasteiger partial charge is 0.480 e. The van der Waals surface area contributed by atoms with Crippen LogP contribution >= 0.6 is 11.3 Å². The minimum atomic E-state index is -0.639. The zero-order valence-electron chi connectivity index (χ0n) is 12.6. The van der Waals surface area contributed by atoms with Crippen molar-refractivity contribution in [3.05, 3.63) is 16.1 Å². The fraction of sp³-hybridized carbons (Fsp3) is 0.750. The molecule has 2 heterocycles. The molecule has 1 aliphatic heterocycles. The molecule has 1 saturated carbocycles. The van der Waals surface area contributed by atoms with E-state index in [-0.39, 0.29) is 6.04 Å². The van der Waals surface area contributed by atoms with E-state index in [4.69, 9.17) is 0 Å². The summed E-state index contributed by atoms with van der Waals surface area (Å²) < 4.78 is 0. The lowest BCUT2D eigenvalue weighted by Crippen LogP contribution is -2.55. The molecule has 3 rings (SSSR count). The van der Waals surface area contributed by atoms with Gasteiger partial charge in [0.25, 0.3) is 0 Å². The fourth-order valence-electron chi connectivity index (χ4n) is 4.11. The van der Waals surface area contributed by atoms with Crippen molar-refractivity contribution in [2.24, 2.45) is 5.92 Å². The second kappa shape index (κ2) is 6.44. The maximum absolute atomic E-state index is 11.6. The molecule has 0 spiro atoms. The minimum Gasteiger partial charge on any atom is -0.480 e. The normalized spacial score (nSPS) is 30.0. The molecular formula is C16H24N2O2S. The second-order valence-corrected chi connectivity index (χ2v) is 7.33.